The van der Waals surface area contributed by atoms with Crippen molar-refractivity contribution in [3.63, 3.8) is 0 Å². The Bertz CT molecular complexity index is 1350. The molecule has 1 aromatic heterocycles. The first kappa shape index (κ1) is 24.6. The summed E-state index contributed by atoms with van der Waals surface area (Å²) in [6, 6.07) is 26.0. The van der Waals surface area contributed by atoms with Gasteiger partial charge in [-0.05, 0) is 56.0 Å². The molecule has 0 fully saturated rings. The van der Waals surface area contributed by atoms with Gasteiger partial charge in [0.2, 0.25) is 0 Å². The van der Waals surface area contributed by atoms with Crippen molar-refractivity contribution < 1.29 is 4.79 Å². The van der Waals surface area contributed by atoms with E-state index in [4.69, 9.17) is 11.6 Å². The fourth-order valence-electron chi connectivity index (χ4n) is 4.35. The Hall–Kier alpha value is -3.56. The van der Waals surface area contributed by atoms with Gasteiger partial charge < -0.3 is 9.88 Å². The number of aryl methyl sites for hydroxylation is 1. The number of amides is 1. The molecule has 0 atom stereocenters. The zero-order valence-electron chi connectivity index (χ0n) is 20.3. The minimum Gasteiger partial charge on any atom is -0.347 e. The highest BCUT2D eigenvalue weighted by Crippen LogP contribution is 2.37. The molecular formula is C31H31ClN2O. The molecule has 0 saturated carbocycles. The molecule has 1 amide bonds. The maximum atomic E-state index is 13.8. The highest BCUT2D eigenvalue weighted by Gasteiger charge is 2.24. The normalized spacial score (nSPS) is 11.9. The fourth-order valence-corrected chi connectivity index (χ4v) is 4.52. The average molecular weight is 483 g/mol. The standard InChI is InChI=1S/C31H31ClN2O/c1-3-4-7-12-23(2)19-20-34-28-18-17-26(32)21-27(28)29(25-15-10-6-11-16-25)30(34)31(35)33-22-24-13-8-5-9-14-24/h3-6,8-18,21H,7,19-20,22H2,1-2H3,(H,33,35)/b4-3-,23-12+. The van der Waals surface area contributed by atoms with Crippen LogP contribution in [0.25, 0.3) is 22.0 Å². The Labute approximate surface area is 212 Å². The number of rotatable bonds is 9. The largest absolute Gasteiger partial charge is 0.347 e. The van der Waals surface area contributed by atoms with E-state index in [9.17, 15) is 4.79 Å². The third-order valence-electron chi connectivity index (χ3n) is 6.17. The average Bonchev–Trinajstić information content (AvgIpc) is 3.20. The molecule has 0 radical (unpaired) electrons. The number of carbonyl (C=O) groups is 1. The SMILES string of the molecule is C/C=C\C/C=C(\C)CCn1c(C(=O)NCc2ccccc2)c(-c2ccccc2)c2cc(Cl)ccc21. The summed E-state index contributed by atoms with van der Waals surface area (Å²) in [5, 5.41) is 4.80. The van der Waals surface area contributed by atoms with Gasteiger partial charge in [-0.3, -0.25) is 4.79 Å². The molecule has 1 N–H and O–H groups in total. The molecule has 0 aliphatic heterocycles. The van der Waals surface area contributed by atoms with Crippen LogP contribution < -0.4 is 5.32 Å². The minimum atomic E-state index is -0.0874. The maximum absolute atomic E-state index is 13.8. The van der Waals surface area contributed by atoms with Gasteiger partial charge in [-0.25, -0.2) is 0 Å². The number of fused-ring (bicyclic) bond motifs is 1. The monoisotopic (exact) mass is 482 g/mol. The molecule has 35 heavy (non-hydrogen) atoms. The second-order valence-electron chi connectivity index (χ2n) is 8.68. The molecule has 4 aromatic rings. The van der Waals surface area contributed by atoms with E-state index < -0.39 is 0 Å². The summed E-state index contributed by atoms with van der Waals surface area (Å²) in [5.74, 6) is -0.0874. The third kappa shape index (κ3) is 5.93. The van der Waals surface area contributed by atoms with Crippen LogP contribution in [-0.4, -0.2) is 10.5 Å². The Morgan fingerprint density at radius 2 is 1.71 bits per heavy atom. The summed E-state index contributed by atoms with van der Waals surface area (Å²) in [5.41, 5.74) is 5.98. The van der Waals surface area contributed by atoms with Crippen LogP contribution in [0.15, 0.2) is 103 Å². The van der Waals surface area contributed by atoms with Crippen molar-refractivity contribution in [1.82, 2.24) is 9.88 Å². The lowest BCUT2D eigenvalue weighted by Gasteiger charge is -2.13. The van der Waals surface area contributed by atoms with E-state index >= 15 is 0 Å². The number of halogens is 1. The summed E-state index contributed by atoms with van der Waals surface area (Å²) >= 11 is 6.43. The molecular weight excluding hydrogens is 452 g/mol. The van der Waals surface area contributed by atoms with E-state index in [0.29, 0.717) is 23.8 Å². The van der Waals surface area contributed by atoms with Gasteiger partial charge in [-0.2, -0.15) is 0 Å². The first-order chi connectivity index (χ1) is 17.1. The van der Waals surface area contributed by atoms with Crippen LogP contribution in [-0.2, 0) is 13.1 Å². The number of allylic oxidation sites excluding steroid dienone is 4. The molecule has 0 spiro atoms. The first-order valence-corrected chi connectivity index (χ1v) is 12.4. The smallest absolute Gasteiger partial charge is 0.268 e. The van der Waals surface area contributed by atoms with E-state index in [2.05, 4.69) is 47.2 Å². The maximum Gasteiger partial charge on any atom is 0.268 e. The van der Waals surface area contributed by atoms with Crippen LogP contribution in [0.4, 0.5) is 0 Å². The topological polar surface area (TPSA) is 34.0 Å². The minimum absolute atomic E-state index is 0.0874. The van der Waals surface area contributed by atoms with E-state index in [0.717, 1.165) is 40.4 Å². The van der Waals surface area contributed by atoms with E-state index in [1.165, 1.54) is 5.57 Å². The predicted molar refractivity (Wildman–Crippen MR) is 148 cm³/mol. The van der Waals surface area contributed by atoms with E-state index in [1.807, 2.05) is 73.7 Å². The lowest BCUT2D eigenvalue weighted by molar-refractivity contribution is 0.0942. The molecule has 4 rings (SSSR count). The highest BCUT2D eigenvalue weighted by atomic mass is 35.5. The summed E-state index contributed by atoms with van der Waals surface area (Å²) in [6.45, 7) is 5.36. The Kier molecular flexibility index (Phi) is 8.23. The number of aromatic nitrogens is 1. The molecule has 0 aliphatic carbocycles. The molecule has 0 aliphatic rings. The molecule has 0 unspecified atom stereocenters. The third-order valence-corrected chi connectivity index (χ3v) is 6.40. The van der Waals surface area contributed by atoms with Crippen LogP contribution in [0.3, 0.4) is 0 Å². The zero-order chi connectivity index (χ0) is 24.6. The number of carbonyl (C=O) groups excluding carboxylic acids is 1. The molecule has 4 heteroatoms. The van der Waals surface area contributed by atoms with Crippen LogP contribution in [0.2, 0.25) is 5.02 Å². The zero-order valence-corrected chi connectivity index (χ0v) is 21.1. The number of hydrogen-bond acceptors (Lipinski definition) is 1. The quantitative estimate of drug-likeness (QED) is 0.240. The lowest BCUT2D eigenvalue weighted by Crippen LogP contribution is -2.26. The van der Waals surface area contributed by atoms with Crippen molar-refractivity contribution >= 4 is 28.4 Å². The van der Waals surface area contributed by atoms with Gasteiger partial charge in [-0.15, -0.1) is 0 Å². The van der Waals surface area contributed by atoms with Gasteiger partial charge >= 0.3 is 0 Å². The number of nitrogens with one attached hydrogen (secondary N) is 1. The van der Waals surface area contributed by atoms with Crippen LogP contribution in [0, 0.1) is 0 Å². The van der Waals surface area contributed by atoms with Gasteiger partial charge in [-0.1, -0.05) is 96.1 Å². The van der Waals surface area contributed by atoms with Gasteiger partial charge in [0, 0.05) is 34.6 Å². The molecule has 0 saturated heterocycles. The van der Waals surface area contributed by atoms with Gasteiger partial charge in [0.25, 0.3) is 5.91 Å². The lowest BCUT2D eigenvalue weighted by atomic mass is 10.0. The second-order valence-corrected chi connectivity index (χ2v) is 9.11. The molecule has 1 heterocycles. The van der Waals surface area contributed by atoms with Crippen LogP contribution >= 0.6 is 11.6 Å². The molecule has 3 aromatic carbocycles. The summed E-state index contributed by atoms with van der Waals surface area (Å²) in [6.07, 6.45) is 8.23. The van der Waals surface area contributed by atoms with Crippen LogP contribution in [0.5, 0.6) is 0 Å². The molecule has 3 nitrogen and oxygen atoms in total. The Balaban J connectivity index is 1.79. The highest BCUT2D eigenvalue weighted by molar-refractivity contribution is 6.31. The van der Waals surface area contributed by atoms with Crippen molar-refractivity contribution in [2.24, 2.45) is 0 Å². The molecule has 178 valence electrons. The van der Waals surface area contributed by atoms with Crippen molar-refractivity contribution in [3.8, 4) is 11.1 Å². The molecule has 0 bridgehead atoms. The van der Waals surface area contributed by atoms with Crippen molar-refractivity contribution in [2.45, 2.75) is 39.8 Å². The summed E-state index contributed by atoms with van der Waals surface area (Å²) in [4.78, 5) is 13.8. The van der Waals surface area contributed by atoms with Gasteiger partial charge in [0.05, 0.1) is 0 Å². The van der Waals surface area contributed by atoms with E-state index in [-0.39, 0.29) is 5.91 Å². The Morgan fingerprint density at radius 3 is 2.43 bits per heavy atom. The number of nitrogens with zero attached hydrogens (tertiary/aromatic N) is 1. The van der Waals surface area contributed by atoms with Gasteiger partial charge in [0.1, 0.15) is 5.69 Å². The number of benzene rings is 3. The Morgan fingerprint density at radius 1 is 1.00 bits per heavy atom. The fraction of sp³-hybridized carbons (Fsp3) is 0.194. The van der Waals surface area contributed by atoms with Gasteiger partial charge in [0.15, 0.2) is 0 Å². The predicted octanol–water partition coefficient (Wildman–Crippen LogP) is 8.19. The van der Waals surface area contributed by atoms with Crippen molar-refractivity contribution in [1.29, 1.82) is 0 Å². The number of hydrogen-bond donors (Lipinski definition) is 1. The summed E-state index contributed by atoms with van der Waals surface area (Å²) < 4.78 is 2.15. The van der Waals surface area contributed by atoms with Crippen molar-refractivity contribution in [3.05, 3.63) is 119 Å². The van der Waals surface area contributed by atoms with E-state index in [1.54, 1.807) is 0 Å². The van der Waals surface area contributed by atoms with Crippen LogP contribution in [0.1, 0.15) is 42.7 Å². The second kappa shape index (κ2) is 11.7. The first-order valence-electron chi connectivity index (χ1n) is 12.0. The summed E-state index contributed by atoms with van der Waals surface area (Å²) in [7, 11) is 0. The van der Waals surface area contributed by atoms with Crippen molar-refractivity contribution in [2.75, 3.05) is 0 Å².